The van der Waals surface area contributed by atoms with Crippen LogP contribution in [-0.2, 0) is 12.8 Å². The number of hydrogen-bond acceptors (Lipinski definition) is 3. The second-order valence-electron chi connectivity index (χ2n) is 5.32. The van der Waals surface area contributed by atoms with Gasteiger partial charge in [0.15, 0.2) is 5.58 Å². The smallest absolute Gasteiger partial charge is 0.227 e. The molecule has 0 radical (unpaired) electrons. The second-order valence-corrected chi connectivity index (χ2v) is 5.32. The van der Waals surface area contributed by atoms with E-state index in [1.165, 1.54) is 24.0 Å². The Hall–Kier alpha value is -2.29. The Balaban J connectivity index is 1.90. The number of benzene rings is 2. The molecule has 0 atom stereocenters. The minimum atomic E-state index is 0.204. The van der Waals surface area contributed by atoms with Crippen molar-refractivity contribution < 1.29 is 9.52 Å². The molecule has 1 N–H and O–H groups in total. The average molecular weight is 265 g/mol. The Morgan fingerprint density at radius 3 is 2.90 bits per heavy atom. The molecule has 1 heterocycles. The standard InChI is InChI=1S/C17H15NO2/c19-12-8-9-15-16(10-12)20-17(18-15)14-7-3-5-11-4-1-2-6-13(11)14/h3,5,7-10,19H,1-2,4,6H2. The largest absolute Gasteiger partial charge is 0.508 e. The van der Waals surface area contributed by atoms with Gasteiger partial charge in [-0.1, -0.05) is 12.1 Å². The van der Waals surface area contributed by atoms with Gasteiger partial charge in [0.1, 0.15) is 11.3 Å². The maximum atomic E-state index is 9.51. The van der Waals surface area contributed by atoms with Crippen LogP contribution in [-0.4, -0.2) is 10.1 Å². The van der Waals surface area contributed by atoms with Crippen molar-refractivity contribution in [1.82, 2.24) is 4.98 Å². The molecule has 0 bridgehead atoms. The number of nitrogens with zero attached hydrogens (tertiary/aromatic N) is 1. The molecule has 4 rings (SSSR count). The normalized spacial score (nSPS) is 14.4. The van der Waals surface area contributed by atoms with Gasteiger partial charge in [-0.2, -0.15) is 0 Å². The molecule has 2 aromatic carbocycles. The number of aromatic hydroxyl groups is 1. The van der Waals surface area contributed by atoms with Gasteiger partial charge < -0.3 is 9.52 Å². The van der Waals surface area contributed by atoms with Gasteiger partial charge in [-0.25, -0.2) is 4.98 Å². The first-order valence-electron chi connectivity index (χ1n) is 7.02. The van der Waals surface area contributed by atoms with Crippen molar-refractivity contribution >= 4 is 11.1 Å². The SMILES string of the molecule is Oc1ccc2nc(-c3cccc4c3CCCC4)oc2c1. The van der Waals surface area contributed by atoms with Gasteiger partial charge in [-0.3, -0.25) is 0 Å². The fourth-order valence-corrected chi connectivity index (χ4v) is 3.01. The predicted octanol–water partition coefficient (Wildman–Crippen LogP) is 4.08. The molecule has 0 saturated heterocycles. The van der Waals surface area contributed by atoms with Crippen molar-refractivity contribution in [1.29, 1.82) is 0 Å². The van der Waals surface area contributed by atoms with Crippen molar-refractivity contribution in [2.24, 2.45) is 0 Å². The molecule has 20 heavy (non-hydrogen) atoms. The highest BCUT2D eigenvalue weighted by atomic mass is 16.3. The molecule has 1 aliphatic carbocycles. The third-order valence-corrected chi connectivity index (χ3v) is 4.00. The van der Waals surface area contributed by atoms with Gasteiger partial charge in [-0.15, -0.1) is 0 Å². The minimum absolute atomic E-state index is 0.204. The van der Waals surface area contributed by atoms with Crippen LogP contribution in [0.25, 0.3) is 22.6 Å². The molecule has 0 fully saturated rings. The van der Waals surface area contributed by atoms with Gasteiger partial charge in [0.05, 0.1) is 0 Å². The van der Waals surface area contributed by atoms with Crippen LogP contribution in [0.15, 0.2) is 40.8 Å². The van der Waals surface area contributed by atoms with Crippen LogP contribution in [0, 0.1) is 0 Å². The quantitative estimate of drug-likeness (QED) is 0.721. The lowest BCUT2D eigenvalue weighted by Gasteiger charge is -2.17. The van der Waals surface area contributed by atoms with E-state index in [0.29, 0.717) is 11.5 Å². The molecular weight excluding hydrogens is 250 g/mol. The summed E-state index contributed by atoms with van der Waals surface area (Å²) in [5.41, 5.74) is 5.30. The summed E-state index contributed by atoms with van der Waals surface area (Å²) in [4.78, 5) is 4.55. The Morgan fingerprint density at radius 1 is 1.05 bits per heavy atom. The van der Waals surface area contributed by atoms with E-state index < -0.39 is 0 Å². The number of rotatable bonds is 1. The number of hydrogen-bond donors (Lipinski definition) is 1. The van der Waals surface area contributed by atoms with Crippen LogP contribution in [0.5, 0.6) is 5.75 Å². The van der Waals surface area contributed by atoms with E-state index in [0.717, 1.165) is 23.9 Å². The lowest BCUT2D eigenvalue weighted by molar-refractivity contribution is 0.474. The summed E-state index contributed by atoms with van der Waals surface area (Å²) in [7, 11) is 0. The van der Waals surface area contributed by atoms with E-state index in [9.17, 15) is 5.11 Å². The predicted molar refractivity (Wildman–Crippen MR) is 77.8 cm³/mol. The second kappa shape index (κ2) is 4.37. The molecular formula is C17H15NO2. The third-order valence-electron chi connectivity index (χ3n) is 4.00. The molecule has 0 spiro atoms. The topological polar surface area (TPSA) is 46.3 Å². The summed E-state index contributed by atoms with van der Waals surface area (Å²) in [5, 5.41) is 9.51. The van der Waals surface area contributed by atoms with Gasteiger partial charge in [0.2, 0.25) is 5.89 Å². The summed E-state index contributed by atoms with van der Waals surface area (Å²) in [6.45, 7) is 0. The van der Waals surface area contributed by atoms with Gasteiger partial charge in [0, 0.05) is 11.6 Å². The van der Waals surface area contributed by atoms with Crippen LogP contribution in [0.4, 0.5) is 0 Å². The van der Waals surface area contributed by atoms with E-state index in [-0.39, 0.29) is 5.75 Å². The Kier molecular flexibility index (Phi) is 2.52. The molecule has 0 saturated carbocycles. The van der Waals surface area contributed by atoms with Crippen LogP contribution in [0.3, 0.4) is 0 Å². The Bertz CT molecular complexity index is 789. The summed E-state index contributed by atoms with van der Waals surface area (Å²) in [5.74, 6) is 0.861. The van der Waals surface area contributed by atoms with E-state index in [4.69, 9.17) is 4.42 Å². The fraction of sp³-hybridized carbons (Fsp3) is 0.235. The first-order chi connectivity index (χ1) is 9.81. The van der Waals surface area contributed by atoms with Crippen molar-refractivity contribution in [3.05, 3.63) is 47.5 Å². The van der Waals surface area contributed by atoms with Crippen molar-refractivity contribution in [3.63, 3.8) is 0 Å². The lowest BCUT2D eigenvalue weighted by Crippen LogP contribution is -2.04. The summed E-state index contributed by atoms with van der Waals surface area (Å²) in [6, 6.07) is 11.4. The summed E-state index contributed by atoms with van der Waals surface area (Å²) >= 11 is 0. The fourth-order valence-electron chi connectivity index (χ4n) is 3.01. The summed E-state index contributed by atoms with van der Waals surface area (Å²) < 4.78 is 5.83. The van der Waals surface area contributed by atoms with Crippen LogP contribution >= 0.6 is 0 Å². The number of aromatic nitrogens is 1. The molecule has 0 amide bonds. The van der Waals surface area contributed by atoms with E-state index in [1.54, 1.807) is 18.2 Å². The lowest BCUT2D eigenvalue weighted by atomic mass is 9.88. The highest BCUT2D eigenvalue weighted by Gasteiger charge is 2.17. The van der Waals surface area contributed by atoms with E-state index in [2.05, 4.69) is 23.2 Å². The zero-order valence-corrected chi connectivity index (χ0v) is 11.1. The average Bonchev–Trinajstić information content (AvgIpc) is 2.89. The number of phenolic OH excluding ortho intramolecular Hbond substituents is 1. The Labute approximate surface area is 116 Å². The monoisotopic (exact) mass is 265 g/mol. The minimum Gasteiger partial charge on any atom is -0.508 e. The number of fused-ring (bicyclic) bond motifs is 2. The molecule has 1 aromatic heterocycles. The maximum absolute atomic E-state index is 9.51. The molecule has 3 aromatic rings. The number of phenols is 1. The molecule has 0 aliphatic heterocycles. The molecule has 3 heteroatoms. The van der Waals surface area contributed by atoms with Crippen LogP contribution < -0.4 is 0 Å². The van der Waals surface area contributed by atoms with Gasteiger partial charge >= 0.3 is 0 Å². The first-order valence-corrected chi connectivity index (χ1v) is 7.02. The number of oxazole rings is 1. The third kappa shape index (κ3) is 1.78. The number of aryl methyl sites for hydroxylation is 1. The molecule has 100 valence electrons. The van der Waals surface area contributed by atoms with Gasteiger partial charge in [-0.05, 0) is 55.0 Å². The maximum Gasteiger partial charge on any atom is 0.227 e. The first kappa shape index (κ1) is 11.5. The van der Waals surface area contributed by atoms with Gasteiger partial charge in [0.25, 0.3) is 0 Å². The zero-order valence-electron chi connectivity index (χ0n) is 11.1. The van der Waals surface area contributed by atoms with E-state index in [1.807, 2.05) is 0 Å². The summed E-state index contributed by atoms with van der Waals surface area (Å²) in [6.07, 6.45) is 4.72. The zero-order chi connectivity index (χ0) is 13.5. The van der Waals surface area contributed by atoms with Crippen molar-refractivity contribution in [3.8, 4) is 17.2 Å². The Morgan fingerprint density at radius 2 is 1.95 bits per heavy atom. The van der Waals surface area contributed by atoms with Crippen molar-refractivity contribution in [2.45, 2.75) is 25.7 Å². The molecule has 3 nitrogen and oxygen atoms in total. The molecule has 1 aliphatic rings. The highest BCUT2D eigenvalue weighted by Crippen LogP contribution is 2.33. The van der Waals surface area contributed by atoms with Crippen LogP contribution in [0.2, 0.25) is 0 Å². The molecule has 0 unspecified atom stereocenters. The highest BCUT2D eigenvalue weighted by molar-refractivity contribution is 5.78. The van der Waals surface area contributed by atoms with E-state index >= 15 is 0 Å². The van der Waals surface area contributed by atoms with Crippen molar-refractivity contribution in [2.75, 3.05) is 0 Å². The van der Waals surface area contributed by atoms with Crippen LogP contribution in [0.1, 0.15) is 24.0 Å².